The van der Waals surface area contributed by atoms with Crippen molar-refractivity contribution in [3.63, 3.8) is 0 Å². The van der Waals surface area contributed by atoms with Crippen LogP contribution in [0.5, 0.6) is 0 Å². The lowest BCUT2D eigenvalue weighted by Gasteiger charge is -2.21. The first kappa shape index (κ1) is 12.6. The highest BCUT2D eigenvalue weighted by Gasteiger charge is 2.24. The maximum absolute atomic E-state index is 12.1. The van der Waals surface area contributed by atoms with E-state index in [-0.39, 0.29) is 11.9 Å². The van der Waals surface area contributed by atoms with E-state index in [1.807, 2.05) is 31.3 Å². The molecule has 1 aromatic rings. The SMILES string of the molecule is CN(Cc1cccc(Br)c1)C(=O)[C@H]1CCCN1. The van der Waals surface area contributed by atoms with E-state index >= 15 is 0 Å². The van der Waals surface area contributed by atoms with E-state index in [1.54, 1.807) is 4.90 Å². The number of hydrogen-bond donors (Lipinski definition) is 1. The maximum Gasteiger partial charge on any atom is 0.239 e. The minimum atomic E-state index is 0.0205. The van der Waals surface area contributed by atoms with E-state index in [4.69, 9.17) is 0 Å². The molecule has 4 heteroatoms. The minimum absolute atomic E-state index is 0.0205. The fourth-order valence-electron chi connectivity index (χ4n) is 2.15. The van der Waals surface area contributed by atoms with Crippen LogP contribution < -0.4 is 5.32 Å². The molecule has 1 fully saturated rings. The fraction of sp³-hybridized carbons (Fsp3) is 0.462. The number of amides is 1. The van der Waals surface area contributed by atoms with Crippen LogP contribution in [0.1, 0.15) is 18.4 Å². The number of benzene rings is 1. The van der Waals surface area contributed by atoms with Crippen molar-refractivity contribution in [1.82, 2.24) is 10.2 Å². The van der Waals surface area contributed by atoms with Crippen molar-refractivity contribution in [3.8, 4) is 0 Å². The largest absolute Gasteiger partial charge is 0.340 e. The monoisotopic (exact) mass is 296 g/mol. The van der Waals surface area contributed by atoms with Gasteiger partial charge in [0.2, 0.25) is 5.91 Å². The van der Waals surface area contributed by atoms with Crippen LogP contribution in [0, 0.1) is 0 Å². The van der Waals surface area contributed by atoms with E-state index in [0.29, 0.717) is 6.54 Å². The highest BCUT2D eigenvalue weighted by Crippen LogP contribution is 2.14. The van der Waals surface area contributed by atoms with E-state index in [1.165, 1.54) is 0 Å². The van der Waals surface area contributed by atoms with Gasteiger partial charge in [-0.15, -0.1) is 0 Å². The molecule has 1 atom stereocenters. The minimum Gasteiger partial charge on any atom is -0.340 e. The molecule has 1 heterocycles. The van der Waals surface area contributed by atoms with Gasteiger partial charge in [-0.1, -0.05) is 28.1 Å². The molecule has 1 saturated heterocycles. The van der Waals surface area contributed by atoms with Gasteiger partial charge >= 0.3 is 0 Å². The molecule has 2 rings (SSSR count). The Balaban J connectivity index is 1.96. The molecule has 1 aromatic carbocycles. The highest BCUT2D eigenvalue weighted by atomic mass is 79.9. The van der Waals surface area contributed by atoms with Crippen molar-refractivity contribution in [2.75, 3.05) is 13.6 Å². The first-order chi connectivity index (χ1) is 8.16. The summed E-state index contributed by atoms with van der Waals surface area (Å²) in [6.07, 6.45) is 2.06. The molecule has 0 saturated carbocycles. The Morgan fingerprint density at radius 2 is 2.41 bits per heavy atom. The van der Waals surface area contributed by atoms with Crippen molar-refractivity contribution in [1.29, 1.82) is 0 Å². The predicted octanol–water partition coefficient (Wildman–Crippen LogP) is 2.16. The molecule has 0 radical (unpaired) electrons. The molecule has 0 aromatic heterocycles. The summed E-state index contributed by atoms with van der Waals surface area (Å²) in [5, 5.41) is 3.23. The number of likely N-dealkylation sites (N-methyl/N-ethyl adjacent to an activating group) is 1. The smallest absolute Gasteiger partial charge is 0.239 e. The number of carbonyl (C=O) groups is 1. The Hall–Kier alpha value is -0.870. The maximum atomic E-state index is 12.1. The van der Waals surface area contributed by atoms with E-state index < -0.39 is 0 Å². The number of hydrogen-bond acceptors (Lipinski definition) is 2. The van der Waals surface area contributed by atoms with Crippen LogP contribution in [-0.4, -0.2) is 30.4 Å². The Bertz CT molecular complexity index is 402. The van der Waals surface area contributed by atoms with Crippen molar-refractivity contribution in [3.05, 3.63) is 34.3 Å². The van der Waals surface area contributed by atoms with Crippen LogP contribution in [0.25, 0.3) is 0 Å². The van der Waals surface area contributed by atoms with Crippen molar-refractivity contribution >= 4 is 21.8 Å². The number of carbonyl (C=O) groups excluding carboxylic acids is 1. The average molecular weight is 297 g/mol. The zero-order valence-electron chi connectivity index (χ0n) is 9.95. The summed E-state index contributed by atoms with van der Waals surface area (Å²) in [5.41, 5.74) is 1.15. The van der Waals surface area contributed by atoms with Gasteiger partial charge in [0, 0.05) is 18.1 Å². The van der Waals surface area contributed by atoms with Gasteiger partial charge < -0.3 is 10.2 Å². The normalized spacial score (nSPS) is 19.3. The van der Waals surface area contributed by atoms with Crippen LogP contribution in [-0.2, 0) is 11.3 Å². The lowest BCUT2D eigenvalue weighted by atomic mass is 10.1. The Labute approximate surface area is 110 Å². The van der Waals surface area contributed by atoms with Gasteiger partial charge in [-0.3, -0.25) is 4.79 Å². The third kappa shape index (κ3) is 3.30. The summed E-state index contributed by atoms with van der Waals surface area (Å²) in [6.45, 7) is 1.62. The topological polar surface area (TPSA) is 32.3 Å². The third-order valence-electron chi connectivity index (χ3n) is 3.04. The van der Waals surface area contributed by atoms with Crippen LogP contribution >= 0.6 is 15.9 Å². The summed E-state index contributed by atoms with van der Waals surface area (Å²) in [6, 6.07) is 8.09. The summed E-state index contributed by atoms with van der Waals surface area (Å²) >= 11 is 3.44. The molecule has 0 spiro atoms. The molecule has 92 valence electrons. The van der Waals surface area contributed by atoms with Gasteiger partial charge in [0.1, 0.15) is 0 Å². The molecule has 17 heavy (non-hydrogen) atoms. The Kier molecular flexibility index (Phi) is 4.18. The summed E-state index contributed by atoms with van der Waals surface area (Å²) < 4.78 is 1.05. The molecular weight excluding hydrogens is 280 g/mol. The van der Waals surface area contributed by atoms with Crippen LogP contribution in [0.2, 0.25) is 0 Å². The predicted molar refractivity (Wildman–Crippen MR) is 71.6 cm³/mol. The molecule has 0 aliphatic carbocycles. The third-order valence-corrected chi connectivity index (χ3v) is 3.54. The number of nitrogens with one attached hydrogen (secondary N) is 1. The summed E-state index contributed by atoms with van der Waals surface area (Å²) in [5.74, 6) is 0.197. The van der Waals surface area contributed by atoms with Crippen molar-refractivity contribution in [2.24, 2.45) is 0 Å². The van der Waals surface area contributed by atoms with Crippen LogP contribution in [0.3, 0.4) is 0 Å². The molecule has 1 aliphatic heterocycles. The van der Waals surface area contributed by atoms with E-state index in [9.17, 15) is 4.79 Å². The fourth-order valence-corrected chi connectivity index (χ4v) is 2.60. The van der Waals surface area contributed by atoms with Crippen molar-refractivity contribution < 1.29 is 4.79 Å². The second kappa shape index (κ2) is 5.65. The number of rotatable bonds is 3. The van der Waals surface area contributed by atoms with Gasteiger partial charge in [-0.2, -0.15) is 0 Å². The van der Waals surface area contributed by atoms with Gasteiger partial charge in [-0.05, 0) is 37.1 Å². The van der Waals surface area contributed by atoms with E-state index in [0.717, 1.165) is 29.4 Å². The highest BCUT2D eigenvalue weighted by molar-refractivity contribution is 9.10. The van der Waals surface area contributed by atoms with Crippen LogP contribution in [0.15, 0.2) is 28.7 Å². The quantitative estimate of drug-likeness (QED) is 0.927. The average Bonchev–Trinajstić information content (AvgIpc) is 2.81. The number of nitrogens with zero attached hydrogens (tertiary/aromatic N) is 1. The lowest BCUT2D eigenvalue weighted by Crippen LogP contribution is -2.41. The Morgan fingerprint density at radius 1 is 1.59 bits per heavy atom. The molecule has 3 nitrogen and oxygen atoms in total. The van der Waals surface area contributed by atoms with Gasteiger partial charge in [0.25, 0.3) is 0 Å². The standard InChI is InChI=1S/C13H17BrN2O/c1-16(13(17)12-6-3-7-15-12)9-10-4-2-5-11(14)8-10/h2,4-5,8,12,15H,3,6-7,9H2,1H3/t12-/m1/s1. The van der Waals surface area contributed by atoms with E-state index in [2.05, 4.69) is 21.2 Å². The van der Waals surface area contributed by atoms with Crippen LogP contribution in [0.4, 0.5) is 0 Å². The van der Waals surface area contributed by atoms with Gasteiger partial charge in [-0.25, -0.2) is 0 Å². The van der Waals surface area contributed by atoms with Gasteiger partial charge in [0.05, 0.1) is 6.04 Å². The zero-order valence-corrected chi connectivity index (χ0v) is 11.5. The molecule has 1 aliphatic rings. The first-order valence-corrected chi connectivity index (χ1v) is 6.69. The van der Waals surface area contributed by atoms with Crippen molar-refractivity contribution in [2.45, 2.75) is 25.4 Å². The molecule has 1 amide bonds. The van der Waals surface area contributed by atoms with Gasteiger partial charge in [0.15, 0.2) is 0 Å². The lowest BCUT2D eigenvalue weighted by molar-refractivity contribution is -0.132. The summed E-state index contributed by atoms with van der Waals surface area (Å²) in [7, 11) is 1.86. The first-order valence-electron chi connectivity index (χ1n) is 5.89. The second-order valence-corrected chi connectivity index (χ2v) is 5.39. The zero-order chi connectivity index (χ0) is 12.3. The Morgan fingerprint density at radius 3 is 3.06 bits per heavy atom. The molecule has 0 bridgehead atoms. The second-order valence-electron chi connectivity index (χ2n) is 4.47. The molecule has 1 N–H and O–H groups in total. The summed E-state index contributed by atoms with van der Waals surface area (Å²) in [4.78, 5) is 13.9. The number of halogens is 1. The molecule has 0 unspecified atom stereocenters. The molecular formula is C13H17BrN2O.